The molecule has 0 unspecified atom stereocenters. The maximum Gasteiger partial charge on any atom is 0.407 e. The Bertz CT molecular complexity index is 553. The Labute approximate surface area is 144 Å². The third-order valence-corrected chi connectivity index (χ3v) is 3.93. The Hall–Kier alpha value is -2.04. The van der Waals surface area contributed by atoms with E-state index >= 15 is 0 Å². The van der Waals surface area contributed by atoms with E-state index in [1.165, 1.54) is 12.8 Å². The molecular weight excluding hydrogens is 304 g/mol. The molecule has 24 heavy (non-hydrogen) atoms. The largest absolute Gasteiger partial charge is 0.444 e. The number of amides is 2. The maximum absolute atomic E-state index is 12.5. The molecule has 0 aliphatic carbocycles. The zero-order valence-electron chi connectivity index (χ0n) is 14.9. The van der Waals surface area contributed by atoms with Crippen LogP contribution in [0.15, 0.2) is 24.3 Å². The molecule has 1 saturated heterocycles. The number of nitrogens with one attached hydrogen (secondary N) is 1. The van der Waals surface area contributed by atoms with Crippen LogP contribution in [0.3, 0.4) is 0 Å². The van der Waals surface area contributed by atoms with E-state index in [1.807, 2.05) is 49.9 Å². The molecule has 1 N–H and O–H groups in total. The summed E-state index contributed by atoms with van der Waals surface area (Å²) in [4.78, 5) is 26.1. The van der Waals surface area contributed by atoms with Gasteiger partial charge in [-0.3, -0.25) is 4.79 Å². The van der Waals surface area contributed by atoms with E-state index in [2.05, 4.69) is 5.32 Å². The van der Waals surface area contributed by atoms with Crippen molar-refractivity contribution in [2.75, 3.05) is 13.1 Å². The zero-order valence-corrected chi connectivity index (χ0v) is 14.9. The highest BCUT2D eigenvalue weighted by atomic mass is 16.6. The van der Waals surface area contributed by atoms with Gasteiger partial charge in [-0.15, -0.1) is 0 Å². The number of likely N-dealkylation sites (tertiary alicyclic amines) is 1. The number of alkyl carbamates (subject to hydrolysis) is 1. The van der Waals surface area contributed by atoms with Gasteiger partial charge >= 0.3 is 6.09 Å². The van der Waals surface area contributed by atoms with Gasteiger partial charge in [-0.2, -0.15) is 0 Å². The third-order valence-electron chi connectivity index (χ3n) is 3.93. The molecule has 0 bridgehead atoms. The second-order valence-electron chi connectivity index (χ2n) is 7.26. The number of nitrogens with zero attached hydrogens (tertiary/aromatic N) is 1. The van der Waals surface area contributed by atoms with E-state index in [0.717, 1.165) is 31.5 Å². The monoisotopic (exact) mass is 332 g/mol. The van der Waals surface area contributed by atoms with Crippen LogP contribution in [-0.2, 0) is 11.3 Å². The van der Waals surface area contributed by atoms with E-state index in [1.54, 1.807) is 0 Å². The number of hydrogen-bond acceptors (Lipinski definition) is 3. The topological polar surface area (TPSA) is 58.6 Å². The summed E-state index contributed by atoms with van der Waals surface area (Å²) in [6.07, 6.45) is 4.15. The molecule has 1 aliphatic heterocycles. The average Bonchev–Trinajstić information content (AvgIpc) is 2.80. The first-order valence-corrected chi connectivity index (χ1v) is 8.70. The Morgan fingerprint density at radius 2 is 1.62 bits per heavy atom. The Morgan fingerprint density at radius 1 is 1.04 bits per heavy atom. The van der Waals surface area contributed by atoms with Gasteiger partial charge in [0.25, 0.3) is 5.91 Å². The molecule has 2 amide bonds. The molecule has 5 heteroatoms. The van der Waals surface area contributed by atoms with Gasteiger partial charge in [0.2, 0.25) is 0 Å². The molecule has 0 saturated carbocycles. The first kappa shape index (κ1) is 18.3. The van der Waals surface area contributed by atoms with Crippen LogP contribution in [0.1, 0.15) is 62.4 Å². The van der Waals surface area contributed by atoms with Gasteiger partial charge in [0.15, 0.2) is 0 Å². The highest BCUT2D eigenvalue weighted by Gasteiger charge is 2.18. The van der Waals surface area contributed by atoms with Crippen LogP contribution in [0, 0.1) is 0 Å². The predicted octanol–water partition coefficient (Wildman–Crippen LogP) is 3.73. The number of benzene rings is 1. The number of carbonyl (C=O) groups excluding carboxylic acids is 2. The normalized spacial score (nSPS) is 15.5. The summed E-state index contributed by atoms with van der Waals surface area (Å²) >= 11 is 0. The molecule has 0 spiro atoms. The molecule has 1 aromatic carbocycles. The molecular formula is C19H28N2O3. The number of ether oxygens (including phenoxy) is 1. The van der Waals surface area contributed by atoms with E-state index in [-0.39, 0.29) is 5.91 Å². The predicted molar refractivity (Wildman–Crippen MR) is 93.9 cm³/mol. The van der Waals surface area contributed by atoms with Gasteiger partial charge in [0.05, 0.1) is 0 Å². The summed E-state index contributed by atoms with van der Waals surface area (Å²) in [5.41, 5.74) is 1.14. The minimum Gasteiger partial charge on any atom is -0.444 e. The summed E-state index contributed by atoms with van der Waals surface area (Å²) in [6, 6.07) is 7.42. The van der Waals surface area contributed by atoms with Crippen LogP contribution in [0.25, 0.3) is 0 Å². The lowest BCUT2D eigenvalue weighted by Gasteiger charge is -2.20. The Kier molecular flexibility index (Phi) is 6.23. The molecule has 5 nitrogen and oxygen atoms in total. The fraction of sp³-hybridized carbons (Fsp3) is 0.579. The fourth-order valence-corrected chi connectivity index (χ4v) is 2.71. The zero-order chi connectivity index (χ0) is 17.6. The molecule has 2 rings (SSSR count). The van der Waals surface area contributed by atoms with Crippen LogP contribution < -0.4 is 5.32 Å². The molecule has 1 aliphatic rings. The molecule has 0 radical (unpaired) electrons. The van der Waals surface area contributed by atoms with Crippen molar-refractivity contribution < 1.29 is 14.3 Å². The number of carbonyl (C=O) groups is 2. The molecule has 0 aromatic heterocycles. The summed E-state index contributed by atoms with van der Waals surface area (Å²) in [5.74, 6) is 0.101. The van der Waals surface area contributed by atoms with Crippen molar-refractivity contribution >= 4 is 12.0 Å². The third kappa shape index (κ3) is 5.87. The lowest BCUT2D eigenvalue weighted by atomic mass is 10.1. The quantitative estimate of drug-likeness (QED) is 0.917. The van der Waals surface area contributed by atoms with Crippen LogP contribution in [0.2, 0.25) is 0 Å². The summed E-state index contributed by atoms with van der Waals surface area (Å²) in [7, 11) is 0. The molecule has 1 fully saturated rings. The lowest BCUT2D eigenvalue weighted by Crippen LogP contribution is -2.32. The van der Waals surface area contributed by atoms with Crippen molar-refractivity contribution in [2.24, 2.45) is 0 Å². The van der Waals surface area contributed by atoms with Crippen molar-refractivity contribution in [1.29, 1.82) is 0 Å². The highest BCUT2D eigenvalue weighted by Crippen LogP contribution is 2.14. The van der Waals surface area contributed by atoms with Crippen LogP contribution in [-0.4, -0.2) is 35.6 Å². The smallest absolute Gasteiger partial charge is 0.407 e. The van der Waals surface area contributed by atoms with E-state index in [4.69, 9.17) is 4.74 Å². The summed E-state index contributed by atoms with van der Waals surface area (Å²) in [5, 5.41) is 2.72. The van der Waals surface area contributed by atoms with Crippen LogP contribution in [0.5, 0.6) is 0 Å². The molecule has 0 atom stereocenters. The summed E-state index contributed by atoms with van der Waals surface area (Å²) in [6.45, 7) is 7.57. The minimum atomic E-state index is -0.506. The van der Waals surface area contributed by atoms with Gasteiger partial charge in [0, 0.05) is 25.2 Å². The second-order valence-corrected chi connectivity index (χ2v) is 7.26. The first-order chi connectivity index (χ1) is 11.3. The minimum absolute atomic E-state index is 0.101. The van der Waals surface area contributed by atoms with Crippen LogP contribution in [0.4, 0.5) is 4.79 Å². The van der Waals surface area contributed by atoms with E-state index in [0.29, 0.717) is 12.1 Å². The summed E-state index contributed by atoms with van der Waals surface area (Å²) < 4.78 is 5.20. The van der Waals surface area contributed by atoms with E-state index in [9.17, 15) is 9.59 Å². The van der Waals surface area contributed by atoms with Gasteiger partial charge in [-0.25, -0.2) is 4.79 Å². The van der Waals surface area contributed by atoms with Crippen molar-refractivity contribution in [2.45, 2.75) is 58.6 Å². The standard InChI is InChI=1S/C19H28N2O3/c1-19(2,3)24-18(23)20-14-15-8-10-16(11-9-15)17(22)21-12-6-4-5-7-13-21/h8-11H,4-7,12-14H2,1-3H3,(H,20,23). The number of hydrogen-bond donors (Lipinski definition) is 1. The Balaban J connectivity index is 1.88. The van der Waals surface area contributed by atoms with Gasteiger partial charge < -0.3 is 15.0 Å². The van der Waals surface area contributed by atoms with Crippen molar-refractivity contribution in [1.82, 2.24) is 10.2 Å². The van der Waals surface area contributed by atoms with Crippen molar-refractivity contribution in [3.63, 3.8) is 0 Å². The van der Waals surface area contributed by atoms with Crippen LogP contribution >= 0.6 is 0 Å². The molecule has 132 valence electrons. The highest BCUT2D eigenvalue weighted by molar-refractivity contribution is 5.94. The van der Waals surface area contributed by atoms with Gasteiger partial charge in [-0.05, 0) is 51.3 Å². The molecule has 1 aromatic rings. The van der Waals surface area contributed by atoms with Crippen molar-refractivity contribution in [3.8, 4) is 0 Å². The Morgan fingerprint density at radius 3 is 2.17 bits per heavy atom. The molecule has 1 heterocycles. The maximum atomic E-state index is 12.5. The van der Waals surface area contributed by atoms with E-state index < -0.39 is 11.7 Å². The van der Waals surface area contributed by atoms with Gasteiger partial charge in [0.1, 0.15) is 5.60 Å². The average molecular weight is 332 g/mol. The van der Waals surface area contributed by atoms with Gasteiger partial charge in [-0.1, -0.05) is 25.0 Å². The van der Waals surface area contributed by atoms with Crippen molar-refractivity contribution in [3.05, 3.63) is 35.4 Å². The lowest BCUT2D eigenvalue weighted by molar-refractivity contribution is 0.0523. The fourth-order valence-electron chi connectivity index (χ4n) is 2.71. The second kappa shape index (κ2) is 8.18. The SMILES string of the molecule is CC(C)(C)OC(=O)NCc1ccc(C(=O)N2CCCCCC2)cc1. The number of rotatable bonds is 3. The first-order valence-electron chi connectivity index (χ1n) is 8.70.